The molecule has 0 aliphatic heterocycles. The summed E-state index contributed by atoms with van der Waals surface area (Å²) >= 11 is 1.10. The topological polar surface area (TPSA) is 79.3 Å². The quantitative estimate of drug-likeness (QED) is 0.798. The molecule has 0 radical (unpaired) electrons. The summed E-state index contributed by atoms with van der Waals surface area (Å²) in [5, 5.41) is 12.7. The van der Waals surface area contributed by atoms with Crippen molar-refractivity contribution < 1.29 is 27.9 Å². The van der Waals surface area contributed by atoms with E-state index in [2.05, 4.69) is 4.98 Å². The number of nitrogens with zero attached hydrogens (tertiary/aromatic N) is 1. The number of alkyl halides is 2. The summed E-state index contributed by atoms with van der Waals surface area (Å²) in [6.45, 7) is 0. The van der Waals surface area contributed by atoms with E-state index in [0.29, 0.717) is 10.6 Å². The average molecular weight is 358 g/mol. The van der Waals surface area contributed by atoms with E-state index in [-0.39, 0.29) is 12.1 Å². The van der Waals surface area contributed by atoms with Crippen molar-refractivity contribution in [3.05, 3.63) is 51.7 Å². The van der Waals surface area contributed by atoms with Gasteiger partial charge in [0.05, 0.1) is 5.01 Å². The van der Waals surface area contributed by atoms with Gasteiger partial charge < -0.3 is 10.4 Å². The molecule has 0 saturated carbocycles. The summed E-state index contributed by atoms with van der Waals surface area (Å²) in [7, 11) is 0. The fourth-order valence-electron chi connectivity index (χ4n) is 1.93. The Morgan fingerprint density at radius 1 is 1.29 bits per heavy atom. The summed E-state index contributed by atoms with van der Waals surface area (Å²) in [4.78, 5) is 26.8. The van der Waals surface area contributed by atoms with E-state index in [1.54, 1.807) is 18.2 Å². The number of thiazole rings is 1. The molecule has 1 unspecified atom stereocenters. The Hall–Kier alpha value is -2.42. The number of amides is 1. The number of aliphatic carboxylic acids is 1. The Morgan fingerprint density at radius 3 is 2.62 bits per heavy atom. The predicted octanol–water partition coefficient (Wildman–Crippen LogP) is 2.71. The van der Waals surface area contributed by atoms with E-state index < -0.39 is 36.6 Å². The Bertz CT molecular complexity index is 736. The second-order valence-electron chi connectivity index (χ2n) is 4.89. The van der Waals surface area contributed by atoms with Gasteiger partial charge in [0.15, 0.2) is 0 Å². The fraction of sp³-hybridized carbons (Fsp3) is 0.267. The molecule has 1 amide bonds. The van der Waals surface area contributed by atoms with Crippen molar-refractivity contribution in [3.8, 4) is 0 Å². The molecule has 0 fully saturated rings. The number of hydrogen-bond acceptors (Lipinski definition) is 4. The lowest BCUT2D eigenvalue weighted by Crippen LogP contribution is -2.42. The van der Waals surface area contributed by atoms with E-state index in [0.717, 1.165) is 11.3 Å². The van der Waals surface area contributed by atoms with Gasteiger partial charge in [-0.3, -0.25) is 4.79 Å². The second kappa shape index (κ2) is 7.91. The number of carbonyl (C=O) groups excluding carboxylic acids is 1. The zero-order valence-electron chi connectivity index (χ0n) is 12.2. The highest BCUT2D eigenvalue weighted by atomic mass is 32.1. The van der Waals surface area contributed by atoms with Gasteiger partial charge in [-0.25, -0.2) is 22.9 Å². The summed E-state index contributed by atoms with van der Waals surface area (Å²) in [5.74, 6) is -2.81. The van der Waals surface area contributed by atoms with E-state index >= 15 is 0 Å². The molecule has 24 heavy (non-hydrogen) atoms. The summed E-state index contributed by atoms with van der Waals surface area (Å²) in [5.41, 5.74) is 0.312. The van der Waals surface area contributed by atoms with E-state index in [1.807, 2.05) is 5.32 Å². The summed E-state index contributed by atoms with van der Waals surface area (Å²) in [6, 6.07) is 4.41. The number of rotatable bonds is 7. The van der Waals surface area contributed by atoms with Gasteiger partial charge in [0, 0.05) is 18.2 Å². The molecule has 0 bridgehead atoms. The lowest BCUT2D eigenvalue weighted by atomic mass is 10.1. The van der Waals surface area contributed by atoms with Crippen LogP contribution in [0.15, 0.2) is 29.6 Å². The minimum absolute atomic E-state index is 0.0909. The molecule has 2 N–H and O–H groups in total. The third-order valence-electron chi connectivity index (χ3n) is 3.10. The largest absolute Gasteiger partial charge is 0.480 e. The maximum absolute atomic E-state index is 13.6. The second-order valence-corrected chi connectivity index (χ2v) is 5.83. The van der Waals surface area contributed by atoms with Gasteiger partial charge in [0.25, 0.3) is 5.91 Å². The molecule has 1 aromatic carbocycles. The molecule has 1 aromatic heterocycles. The lowest BCUT2D eigenvalue weighted by molar-refractivity contribution is -0.140. The van der Waals surface area contributed by atoms with Crippen molar-refractivity contribution in [2.45, 2.75) is 25.3 Å². The first-order valence-electron chi connectivity index (χ1n) is 6.86. The molecule has 128 valence electrons. The Morgan fingerprint density at radius 2 is 2.00 bits per heavy atom. The van der Waals surface area contributed by atoms with Crippen LogP contribution in [-0.4, -0.2) is 34.4 Å². The number of nitrogens with one attached hydrogen (secondary N) is 1. The third-order valence-corrected chi connectivity index (χ3v) is 3.95. The van der Waals surface area contributed by atoms with Crippen LogP contribution in [0.4, 0.5) is 13.2 Å². The third kappa shape index (κ3) is 4.79. The van der Waals surface area contributed by atoms with Gasteiger partial charge in [-0.2, -0.15) is 0 Å². The first-order chi connectivity index (χ1) is 11.4. The van der Waals surface area contributed by atoms with Crippen LogP contribution in [0, 0.1) is 5.82 Å². The first-order valence-corrected chi connectivity index (χ1v) is 7.74. The molecule has 1 heterocycles. The van der Waals surface area contributed by atoms with Crippen LogP contribution in [0.25, 0.3) is 0 Å². The number of benzene rings is 1. The molecule has 0 aliphatic carbocycles. The maximum Gasteiger partial charge on any atom is 0.326 e. The summed E-state index contributed by atoms with van der Waals surface area (Å²) < 4.78 is 38.2. The highest BCUT2D eigenvalue weighted by Gasteiger charge is 2.25. The number of halogens is 3. The Kier molecular flexibility index (Phi) is 5.91. The van der Waals surface area contributed by atoms with Crippen LogP contribution in [0.2, 0.25) is 0 Å². The van der Waals surface area contributed by atoms with Gasteiger partial charge in [-0.15, -0.1) is 11.3 Å². The van der Waals surface area contributed by atoms with Crippen molar-refractivity contribution in [3.63, 3.8) is 0 Å². The van der Waals surface area contributed by atoms with Gasteiger partial charge in [0.2, 0.25) is 6.43 Å². The molecule has 2 rings (SSSR count). The molecule has 5 nitrogen and oxygen atoms in total. The van der Waals surface area contributed by atoms with Crippen molar-refractivity contribution in [1.82, 2.24) is 10.3 Å². The fourth-order valence-corrected chi connectivity index (χ4v) is 2.73. The van der Waals surface area contributed by atoms with E-state index in [4.69, 9.17) is 5.11 Å². The minimum atomic E-state index is -2.86. The number of carboxylic acids is 1. The van der Waals surface area contributed by atoms with Crippen molar-refractivity contribution in [2.75, 3.05) is 0 Å². The van der Waals surface area contributed by atoms with Gasteiger partial charge >= 0.3 is 5.97 Å². The molecule has 0 saturated heterocycles. The molecule has 2 aromatic rings. The summed E-state index contributed by atoms with van der Waals surface area (Å²) in [6.07, 6.45) is -3.68. The van der Waals surface area contributed by atoms with Gasteiger partial charge in [0.1, 0.15) is 17.6 Å². The van der Waals surface area contributed by atoms with Crippen molar-refractivity contribution in [2.24, 2.45) is 0 Å². The van der Waals surface area contributed by atoms with Crippen LogP contribution >= 0.6 is 11.3 Å². The average Bonchev–Trinajstić information content (AvgIpc) is 2.97. The minimum Gasteiger partial charge on any atom is -0.480 e. The zero-order valence-corrected chi connectivity index (χ0v) is 13.0. The number of aromatic nitrogens is 1. The highest BCUT2D eigenvalue weighted by Crippen LogP contribution is 2.17. The van der Waals surface area contributed by atoms with Crippen LogP contribution in [0.1, 0.15) is 27.5 Å². The lowest BCUT2D eigenvalue weighted by Gasteiger charge is -2.12. The monoisotopic (exact) mass is 358 g/mol. The number of carboxylic acid groups (broad SMARTS) is 1. The van der Waals surface area contributed by atoms with Crippen molar-refractivity contribution >= 4 is 23.2 Å². The molecule has 0 spiro atoms. The predicted molar refractivity (Wildman–Crippen MR) is 80.8 cm³/mol. The van der Waals surface area contributed by atoms with Crippen LogP contribution in [0.5, 0.6) is 0 Å². The standard InChI is InChI=1S/C15H13F3N2O3S/c16-9-4-2-1-3-8(9)5-13-19-11(7-24-13)14(21)20-10(15(22)23)6-12(17)18/h1-4,7,10,12H,5-6H2,(H,20,21)(H,22,23). The zero-order chi connectivity index (χ0) is 17.7. The Labute approximate surface area is 139 Å². The molecule has 1 atom stereocenters. The molecular formula is C15H13F3N2O3S. The number of carbonyl (C=O) groups is 2. The van der Waals surface area contributed by atoms with Gasteiger partial charge in [-0.1, -0.05) is 18.2 Å². The maximum atomic E-state index is 13.6. The molecule has 9 heteroatoms. The molecule has 0 aliphatic rings. The highest BCUT2D eigenvalue weighted by molar-refractivity contribution is 7.09. The Balaban J connectivity index is 2.05. The van der Waals surface area contributed by atoms with E-state index in [9.17, 15) is 22.8 Å². The van der Waals surface area contributed by atoms with Gasteiger partial charge in [-0.05, 0) is 11.6 Å². The van der Waals surface area contributed by atoms with Crippen molar-refractivity contribution in [1.29, 1.82) is 0 Å². The smallest absolute Gasteiger partial charge is 0.326 e. The normalized spacial score (nSPS) is 12.2. The van der Waals surface area contributed by atoms with Crippen LogP contribution < -0.4 is 5.32 Å². The first kappa shape index (κ1) is 17.9. The van der Waals surface area contributed by atoms with Crippen LogP contribution in [-0.2, 0) is 11.2 Å². The van der Waals surface area contributed by atoms with E-state index in [1.165, 1.54) is 11.4 Å². The SMILES string of the molecule is O=C(NC(CC(F)F)C(=O)O)c1csc(Cc2ccccc2F)n1. The molecular weight excluding hydrogens is 345 g/mol. The number of hydrogen-bond donors (Lipinski definition) is 2. The van der Waals surface area contributed by atoms with Crippen LogP contribution in [0.3, 0.4) is 0 Å².